The maximum atomic E-state index is 13.5. The monoisotopic (exact) mass is 378 g/mol. The van der Waals surface area contributed by atoms with Gasteiger partial charge in [0.05, 0.1) is 0 Å². The van der Waals surface area contributed by atoms with E-state index in [1.54, 1.807) is 12.1 Å². The van der Waals surface area contributed by atoms with E-state index < -0.39 is 11.4 Å². The first-order chi connectivity index (χ1) is 13.5. The molecule has 2 aromatic carbocycles. The van der Waals surface area contributed by atoms with Crippen LogP contribution in [-0.4, -0.2) is 20.6 Å². The fraction of sp³-hybridized carbons (Fsp3) is 0.100. The van der Waals surface area contributed by atoms with E-state index in [1.165, 1.54) is 24.5 Å². The maximum Gasteiger partial charge on any atom is 0.267 e. The Morgan fingerprint density at radius 1 is 1.21 bits per heavy atom. The number of halogens is 1. The van der Waals surface area contributed by atoms with Gasteiger partial charge in [0, 0.05) is 11.3 Å². The van der Waals surface area contributed by atoms with E-state index in [4.69, 9.17) is 4.52 Å². The largest absolute Gasteiger partial charge is 0.335 e. The number of fused-ring (bicyclic) bond motifs is 1. The Bertz CT molecular complexity index is 1250. The van der Waals surface area contributed by atoms with Gasteiger partial charge < -0.3 is 9.84 Å². The summed E-state index contributed by atoms with van der Waals surface area (Å²) in [5.74, 6) is -0.836. The van der Waals surface area contributed by atoms with Crippen LogP contribution in [0.1, 0.15) is 5.56 Å². The average molecular weight is 378 g/mol. The second-order valence-electron chi connectivity index (χ2n) is 6.26. The molecule has 0 spiro atoms. The molecule has 4 rings (SSSR count). The predicted molar refractivity (Wildman–Crippen MR) is 101 cm³/mol. The lowest BCUT2D eigenvalue weighted by molar-refractivity contribution is -0.116. The van der Waals surface area contributed by atoms with Crippen LogP contribution in [0.2, 0.25) is 0 Å². The molecule has 0 aliphatic carbocycles. The third kappa shape index (κ3) is 3.27. The molecular formula is C20H15FN4O3. The molecule has 4 aromatic rings. The van der Waals surface area contributed by atoms with E-state index in [1.807, 2.05) is 25.1 Å². The minimum absolute atomic E-state index is 0.0276. The lowest BCUT2D eigenvalue weighted by Gasteiger charge is -2.09. The number of aromatic nitrogens is 3. The Hall–Kier alpha value is -3.81. The summed E-state index contributed by atoms with van der Waals surface area (Å²) in [7, 11) is 0. The van der Waals surface area contributed by atoms with E-state index in [-0.39, 0.29) is 29.2 Å². The quantitative estimate of drug-likeness (QED) is 0.589. The third-order valence-electron chi connectivity index (χ3n) is 4.29. The zero-order chi connectivity index (χ0) is 19.7. The fourth-order valence-electron chi connectivity index (χ4n) is 2.88. The predicted octanol–water partition coefficient (Wildman–Crippen LogP) is 3.14. The summed E-state index contributed by atoms with van der Waals surface area (Å²) >= 11 is 0. The number of nitrogens with one attached hydrogen (secondary N) is 1. The van der Waals surface area contributed by atoms with E-state index in [0.29, 0.717) is 11.3 Å². The molecule has 0 unspecified atom stereocenters. The Morgan fingerprint density at radius 3 is 2.82 bits per heavy atom. The van der Waals surface area contributed by atoms with E-state index in [9.17, 15) is 14.0 Å². The number of rotatable bonds is 4. The Kier molecular flexibility index (Phi) is 4.44. The first-order valence-electron chi connectivity index (χ1n) is 8.49. The second kappa shape index (κ2) is 7.07. The van der Waals surface area contributed by atoms with Crippen molar-refractivity contribution in [1.82, 2.24) is 14.7 Å². The van der Waals surface area contributed by atoms with Gasteiger partial charge in [0.2, 0.25) is 5.91 Å². The molecule has 1 N–H and O–H groups in total. The Morgan fingerprint density at radius 2 is 2.04 bits per heavy atom. The molecule has 0 fully saturated rings. The molecule has 140 valence electrons. The van der Waals surface area contributed by atoms with Crippen LogP contribution in [0.4, 0.5) is 10.1 Å². The highest BCUT2D eigenvalue weighted by molar-refractivity contribution is 5.92. The van der Waals surface area contributed by atoms with Gasteiger partial charge in [0.25, 0.3) is 11.3 Å². The van der Waals surface area contributed by atoms with Crippen molar-refractivity contribution < 1.29 is 13.7 Å². The molecule has 2 heterocycles. The summed E-state index contributed by atoms with van der Waals surface area (Å²) < 4.78 is 19.8. The highest BCUT2D eigenvalue weighted by Gasteiger charge is 2.18. The van der Waals surface area contributed by atoms with Gasteiger partial charge in [-0.05, 0) is 30.7 Å². The van der Waals surface area contributed by atoms with Crippen molar-refractivity contribution in [3.05, 3.63) is 76.6 Å². The summed E-state index contributed by atoms with van der Waals surface area (Å²) in [6.07, 6.45) is 1.22. The Labute approximate surface area is 158 Å². The van der Waals surface area contributed by atoms with E-state index in [0.717, 1.165) is 10.1 Å². The molecule has 0 atom stereocenters. The number of carbonyl (C=O) groups is 1. The molecule has 2 aromatic heterocycles. The molecule has 0 radical (unpaired) electrons. The van der Waals surface area contributed by atoms with Crippen molar-refractivity contribution in [3.63, 3.8) is 0 Å². The molecule has 8 heteroatoms. The van der Waals surface area contributed by atoms with Crippen LogP contribution in [0, 0.1) is 12.7 Å². The molecule has 0 saturated heterocycles. The van der Waals surface area contributed by atoms with Crippen LogP contribution in [-0.2, 0) is 11.3 Å². The number of carbonyl (C=O) groups excluding carboxylic acids is 1. The number of para-hydroxylation sites is 1. The zero-order valence-corrected chi connectivity index (χ0v) is 14.8. The number of hydrogen-bond donors (Lipinski definition) is 1. The van der Waals surface area contributed by atoms with Crippen LogP contribution in [0.5, 0.6) is 0 Å². The third-order valence-corrected chi connectivity index (χ3v) is 4.29. The summed E-state index contributed by atoms with van der Waals surface area (Å²) in [5, 5.41) is 6.71. The molecule has 1 amide bonds. The van der Waals surface area contributed by atoms with Crippen LogP contribution < -0.4 is 10.9 Å². The van der Waals surface area contributed by atoms with Gasteiger partial charge in [-0.3, -0.25) is 14.2 Å². The van der Waals surface area contributed by atoms with Crippen LogP contribution in [0.25, 0.3) is 22.4 Å². The maximum absolute atomic E-state index is 13.5. The first-order valence-corrected chi connectivity index (χ1v) is 8.49. The van der Waals surface area contributed by atoms with Gasteiger partial charge in [-0.2, -0.15) is 0 Å². The number of hydrogen-bond acceptors (Lipinski definition) is 5. The van der Waals surface area contributed by atoms with Gasteiger partial charge >= 0.3 is 0 Å². The van der Waals surface area contributed by atoms with Crippen molar-refractivity contribution in [3.8, 4) is 11.3 Å². The number of anilines is 1. The van der Waals surface area contributed by atoms with Crippen molar-refractivity contribution in [2.75, 3.05) is 5.32 Å². The van der Waals surface area contributed by atoms with Crippen molar-refractivity contribution in [1.29, 1.82) is 0 Å². The molecule has 7 nitrogen and oxygen atoms in total. The van der Waals surface area contributed by atoms with Crippen molar-refractivity contribution >= 4 is 22.7 Å². The van der Waals surface area contributed by atoms with Crippen LogP contribution in [0.15, 0.2) is 64.2 Å². The van der Waals surface area contributed by atoms with E-state index in [2.05, 4.69) is 15.5 Å². The lowest BCUT2D eigenvalue weighted by Crippen LogP contribution is -2.28. The molecule has 0 aliphatic rings. The highest BCUT2D eigenvalue weighted by atomic mass is 19.1. The van der Waals surface area contributed by atoms with Crippen molar-refractivity contribution in [2.24, 2.45) is 0 Å². The van der Waals surface area contributed by atoms with Crippen molar-refractivity contribution in [2.45, 2.75) is 13.5 Å². The zero-order valence-electron chi connectivity index (χ0n) is 14.8. The minimum Gasteiger partial charge on any atom is -0.335 e. The molecule has 28 heavy (non-hydrogen) atoms. The van der Waals surface area contributed by atoms with Gasteiger partial charge in [-0.1, -0.05) is 35.5 Å². The van der Waals surface area contributed by atoms with Crippen LogP contribution >= 0.6 is 0 Å². The summed E-state index contributed by atoms with van der Waals surface area (Å²) in [4.78, 5) is 29.3. The summed E-state index contributed by atoms with van der Waals surface area (Å²) in [6, 6.07) is 13.0. The SMILES string of the molecule is Cc1ccccc1NC(=O)Cn1cnc2onc(-c3cccc(F)c3)c2c1=O. The minimum atomic E-state index is -0.495. The van der Waals surface area contributed by atoms with Gasteiger partial charge in [0.1, 0.15) is 29.8 Å². The fourth-order valence-corrected chi connectivity index (χ4v) is 2.88. The second-order valence-corrected chi connectivity index (χ2v) is 6.26. The molecule has 0 saturated carbocycles. The molecule has 0 bridgehead atoms. The van der Waals surface area contributed by atoms with Gasteiger partial charge in [0.15, 0.2) is 0 Å². The average Bonchev–Trinajstić information content (AvgIpc) is 3.11. The number of aryl methyl sites for hydroxylation is 1. The van der Waals surface area contributed by atoms with E-state index >= 15 is 0 Å². The number of benzene rings is 2. The Balaban J connectivity index is 1.68. The first kappa shape index (κ1) is 17.6. The van der Waals surface area contributed by atoms with Crippen LogP contribution in [0.3, 0.4) is 0 Å². The number of nitrogens with zero attached hydrogens (tertiary/aromatic N) is 3. The summed E-state index contributed by atoms with van der Waals surface area (Å²) in [6.45, 7) is 1.64. The smallest absolute Gasteiger partial charge is 0.267 e. The lowest BCUT2D eigenvalue weighted by atomic mass is 10.1. The topological polar surface area (TPSA) is 90.0 Å². The standard InChI is InChI=1S/C20H15FN4O3/c1-12-5-2-3-8-15(12)23-16(26)10-25-11-22-19-17(20(25)27)18(24-28-19)13-6-4-7-14(21)9-13/h2-9,11H,10H2,1H3,(H,23,26). The molecule has 0 aliphatic heterocycles. The van der Waals surface area contributed by atoms with Gasteiger partial charge in [-0.15, -0.1) is 0 Å². The molecular weight excluding hydrogens is 363 g/mol. The normalized spacial score (nSPS) is 10.9. The van der Waals surface area contributed by atoms with Gasteiger partial charge in [-0.25, -0.2) is 9.37 Å². The summed E-state index contributed by atoms with van der Waals surface area (Å²) in [5.41, 5.74) is 1.68. The highest BCUT2D eigenvalue weighted by Crippen LogP contribution is 2.24. The number of amides is 1.